The quantitative estimate of drug-likeness (QED) is 0.721. The van der Waals surface area contributed by atoms with Crippen LogP contribution >= 0.6 is 11.3 Å². The van der Waals surface area contributed by atoms with Crippen LogP contribution in [-0.4, -0.2) is 15.0 Å². The Morgan fingerprint density at radius 3 is 2.67 bits per heavy atom. The van der Waals surface area contributed by atoms with E-state index in [1.807, 2.05) is 12.1 Å². The van der Waals surface area contributed by atoms with E-state index in [0.29, 0.717) is 5.69 Å². The molecule has 3 nitrogen and oxygen atoms in total. The van der Waals surface area contributed by atoms with E-state index in [1.165, 1.54) is 17.4 Å². The number of nitrogens with zero attached hydrogens (tertiary/aromatic N) is 3. The van der Waals surface area contributed by atoms with E-state index in [1.54, 1.807) is 30.7 Å². The van der Waals surface area contributed by atoms with Crippen LogP contribution in [0.15, 0.2) is 48.9 Å². The summed E-state index contributed by atoms with van der Waals surface area (Å²) in [6, 6.07) is 8.34. The summed E-state index contributed by atoms with van der Waals surface area (Å²) in [7, 11) is 0. The summed E-state index contributed by atoms with van der Waals surface area (Å²) in [5.74, 6) is -2.95. The second kappa shape index (κ2) is 5.29. The Bertz CT molecular complexity index is 751. The lowest BCUT2D eigenvalue weighted by Crippen LogP contribution is -2.09. The molecule has 0 unspecified atom stereocenters. The van der Waals surface area contributed by atoms with Crippen LogP contribution in [0.25, 0.3) is 21.1 Å². The average molecular weight is 303 g/mol. The topological polar surface area (TPSA) is 38.7 Å². The van der Waals surface area contributed by atoms with Crippen molar-refractivity contribution in [2.24, 2.45) is 0 Å². The van der Waals surface area contributed by atoms with Gasteiger partial charge in [-0.3, -0.25) is 4.98 Å². The number of halogens is 2. The summed E-state index contributed by atoms with van der Waals surface area (Å²) in [6.07, 6.45) is 5.05. The van der Waals surface area contributed by atoms with E-state index < -0.39 is 5.92 Å². The smallest absolute Gasteiger partial charge is 0.264 e. The van der Waals surface area contributed by atoms with E-state index in [2.05, 4.69) is 15.0 Å². The fourth-order valence-corrected chi connectivity index (χ4v) is 2.71. The first kappa shape index (κ1) is 13.8. The zero-order valence-corrected chi connectivity index (χ0v) is 11.9. The molecule has 21 heavy (non-hydrogen) atoms. The van der Waals surface area contributed by atoms with Gasteiger partial charge in [0.15, 0.2) is 0 Å². The molecule has 0 aliphatic heterocycles. The molecular weight excluding hydrogens is 292 g/mol. The molecule has 0 saturated carbocycles. The van der Waals surface area contributed by atoms with Crippen LogP contribution in [-0.2, 0) is 5.92 Å². The fourth-order valence-electron chi connectivity index (χ4n) is 1.83. The van der Waals surface area contributed by atoms with Gasteiger partial charge in [-0.15, -0.1) is 11.3 Å². The highest BCUT2D eigenvalue weighted by molar-refractivity contribution is 7.18. The third-order valence-electron chi connectivity index (χ3n) is 2.87. The third-order valence-corrected chi connectivity index (χ3v) is 3.93. The van der Waals surface area contributed by atoms with Gasteiger partial charge in [-0.05, 0) is 24.3 Å². The molecule has 0 aliphatic rings. The van der Waals surface area contributed by atoms with Crippen LogP contribution in [0.2, 0.25) is 0 Å². The minimum Gasteiger partial charge on any atom is -0.264 e. The molecule has 0 spiro atoms. The number of thiazole rings is 1. The highest BCUT2D eigenvalue weighted by atomic mass is 32.1. The molecule has 0 fully saturated rings. The maximum Gasteiger partial charge on any atom is 0.286 e. The predicted molar refractivity (Wildman–Crippen MR) is 78.1 cm³/mol. The first-order chi connectivity index (χ1) is 10.0. The number of aromatic nitrogens is 3. The maximum atomic E-state index is 13.3. The first-order valence-electron chi connectivity index (χ1n) is 6.26. The van der Waals surface area contributed by atoms with Gasteiger partial charge in [-0.1, -0.05) is 6.07 Å². The van der Waals surface area contributed by atoms with E-state index >= 15 is 0 Å². The maximum absolute atomic E-state index is 13.3. The van der Waals surface area contributed by atoms with Crippen LogP contribution in [0.4, 0.5) is 8.78 Å². The Balaban J connectivity index is 1.97. The van der Waals surface area contributed by atoms with Gasteiger partial charge in [0.1, 0.15) is 10.7 Å². The van der Waals surface area contributed by atoms with Gasteiger partial charge in [-0.25, -0.2) is 9.97 Å². The molecule has 3 aromatic heterocycles. The van der Waals surface area contributed by atoms with Crippen LogP contribution in [0.5, 0.6) is 0 Å². The average Bonchev–Trinajstić information content (AvgIpc) is 2.97. The van der Waals surface area contributed by atoms with Crippen molar-refractivity contribution in [1.29, 1.82) is 0 Å². The van der Waals surface area contributed by atoms with Crippen LogP contribution < -0.4 is 0 Å². The first-order valence-corrected chi connectivity index (χ1v) is 7.07. The van der Waals surface area contributed by atoms with Crippen molar-refractivity contribution in [3.05, 3.63) is 54.6 Å². The summed E-state index contributed by atoms with van der Waals surface area (Å²) in [6.45, 7) is 0.840. The van der Waals surface area contributed by atoms with E-state index in [4.69, 9.17) is 0 Å². The molecule has 0 saturated heterocycles. The van der Waals surface area contributed by atoms with Gasteiger partial charge >= 0.3 is 0 Å². The molecule has 106 valence electrons. The highest BCUT2D eigenvalue weighted by Crippen LogP contribution is 2.32. The summed E-state index contributed by atoms with van der Waals surface area (Å²) in [5, 5.41) is 0.786. The van der Waals surface area contributed by atoms with Crippen molar-refractivity contribution in [1.82, 2.24) is 15.0 Å². The van der Waals surface area contributed by atoms with Crippen LogP contribution in [0.1, 0.15) is 12.6 Å². The second-order valence-corrected chi connectivity index (χ2v) is 5.60. The lowest BCUT2D eigenvalue weighted by atomic mass is 10.2. The van der Waals surface area contributed by atoms with Gasteiger partial charge in [0.2, 0.25) is 0 Å². The summed E-state index contributed by atoms with van der Waals surface area (Å²) < 4.78 is 26.7. The Kier molecular flexibility index (Phi) is 3.47. The standard InChI is InChI=1S/C15H11F2N3S/c1-15(16,17)13-6-2-5-11(20-13)12-9-19-14(21-12)10-4-3-7-18-8-10/h2-9H,1H3. The second-order valence-electron chi connectivity index (χ2n) is 4.57. The monoisotopic (exact) mass is 303 g/mol. The Labute approximate surface area is 124 Å². The molecule has 3 rings (SSSR count). The van der Waals surface area contributed by atoms with Crippen molar-refractivity contribution in [2.45, 2.75) is 12.8 Å². The van der Waals surface area contributed by atoms with E-state index in [9.17, 15) is 8.78 Å². The van der Waals surface area contributed by atoms with Crippen molar-refractivity contribution in [2.75, 3.05) is 0 Å². The van der Waals surface area contributed by atoms with Gasteiger partial charge in [-0.2, -0.15) is 8.78 Å². The van der Waals surface area contributed by atoms with Crippen LogP contribution in [0.3, 0.4) is 0 Å². The van der Waals surface area contributed by atoms with Gasteiger partial charge < -0.3 is 0 Å². The Morgan fingerprint density at radius 1 is 1.10 bits per heavy atom. The number of alkyl halides is 2. The fraction of sp³-hybridized carbons (Fsp3) is 0.133. The van der Waals surface area contributed by atoms with Crippen molar-refractivity contribution >= 4 is 11.3 Å². The van der Waals surface area contributed by atoms with Crippen molar-refractivity contribution < 1.29 is 8.78 Å². The van der Waals surface area contributed by atoms with Crippen LogP contribution in [0, 0.1) is 0 Å². The molecule has 3 heterocycles. The van der Waals surface area contributed by atoms with Crippen molar-refractivity contribution in [3.8, 4) is 21.1 Å². The molecule has 0 amide bonds. The number of hydrogen-bond donors (Lipinski definition) is 0. The largest absolute Gasteiger partial charge is 0.286 e. The molecule has 0 radical (unpaired) electrons. The number of pyridine rings is 2. The minimum atomic E-state index is -2.95. The molecule has 0 bridgehead atoms. The lowest BCUT2D eigenvalue weighted by molar-refractivity contribution is 0.0129. The molecular formula is C15H11F2N3S. The molecule has 3 aromatic rings. The predicted octanol–water partition coefficient (Wildman–Crippen LogP) is 4.38. The normalized spacial score (nSPS) is 11.6. The summed E-state index contributed by atoms with van der Waals surface area (Å²) >= 11 is 1.40. The highest BCUT2D eigenvalue weighted by Gasteiger charge is 2.26. The Morgan fingerprint density at radius 2 is 1.95 bits per heavy atom. The zero-order chi connectivity index (χ0) is 14.9. The molecule has 0 N–H and O–H groups in total. The molecule has 0 atom stereocenters. The van der Waals surface area contributed by atoms with E-state index in [-0.39, 0.29) is 5.69 Å². The van der Waals surface area contributed by atoms with Gasteiger partial charge in [0, 0.05) is 31.1 Å². The van der Waals surface area contributed by atoms with Gasteiger partial charge in [0.05, 0.1) is 10.6 Å². The minimum absolute atomic E-state index is 0.240. The molecule has 6 heteroatoms. The number of hydrogen-bond acceptors (Lipinski definition) is 4. The van der Waals surface area contributed by atoms with Crippen molar-refractivity contribution in [3.63, 3.8) is 0 Å². The molecule has 0 aromatic carbocycles. The summed E-state index contributed by atoms with van der Waals surface area (Å²) in [5.41, 5.74) is 1.16. The zero-order valence-electron chi connectivity index (χ0n) is 11.1. The Hall–Kier alpha value is -2.21. The number of rotatable bonds is 3. The third kappa shape index (κ3) is 2.95. The summed E-state index contributed by atoms with van der Waals surface area (Å²) in [4.78, 5) is 13.1. The molecule has 0 aliphatic carbocycles. The van der Waals surface area contributed by atoms with E-state index in [0.717, 1.165) is 22.4 Å². The SMILES string of the molecule is CC(F)(F)c1cccc(-c2cnc(-c3cccnc3)s2)n1. The lowest BCUT2D eigenvalue weighted by Gasteiger charge is -2.09. The van der Waals surface area contributed by atoms with Gasteiger partial charge in [0.25, 0.3) is 5.92 Å².